The Morgan fingerprint density at radius 3 is 2.33 bits per heavy atom. The second-order valence-corrected chi connectivity index (χ2v) is 8.61. The fourth-order valence-electron chi connectivity index (χ4n) is 4.49. The van der Waals surface area contributed by atoms with E-state index in [1.807, 2.05) is 24.3 Å². The number of carboxylic acid groups (broad SMARTS) is 1. The highest BCUT2D eigenvalue weighted by molar-refractivity contribution is 5.79. The molecule has 174 valence electrons. The van der Waals surface area contributed by atoms with Gasteiger partial charge in [-0.1, -0.05) is 48.5 Å². The molecule has 1 fully saturated rings. The molecule has 1 saturated heterocycles. The normalized spacial score (nSPS) is 19.9. The highest BCUT2D eigenvalue weighted by Gasteiger charge is 2.31. The SMILES string of the molecule is C[C@@H](CC(=O)NC[C@@H]1C[C@H](C(=O)O)CO1)NC(=O)OCC1c2ccccc2-c2ccccc21. The molecule has 2 aromatic carbocycles. The molecular formula is C25H28N2O6. The minimum Gasteiger partial charge on any atom is -0.481 e. The summed E-state index contributed by atoms with van der Waals surface area (Å²) in [5.41, 5.74) is 4.59. The van der Waals surface area contributed by atoms with Crippen molar-refractivity contribution in [1.29, 1.82) is 0 Å². The number of carboxylic acids is 1. The molecule has 1 aliphatic carbocycles. The number of aliphatic carboxylic acids is 1. The molecule has 1 heterocycles. The fourth-order valence-corrected chi connectivity index (χ4v) is 4.49. The molecule has 3 atom stereocenters. The Bertz CT molecular complexity index is 994. The van der Waals surface area contributed by atoms with Crippen molar-refractivity contribution in [1.82, 2.24) is 10.6 Å². The molecule has 2 aromatic rings. The van der Waals surface area contributed by atoms with Crippen LogP contribution in [0.2, 0.25) is 0 Å². The molecule has 0 unspecified atom stereocenters. The lowest BCUT2D eigenvalue weighted by molar-refractivity contribution is -0.141. The van der Waals surface area contributed by atoms with Gasteiger partial charge in [0.1, 0.15) is 6.61 Å². The van der Waals surface area contributed by atoms with Crippen LogP contribution in [0.5, 0.6) is 0 Å². The zero-order chi connectivity index (χ0) is 23.4. The van der Waals surface area contributed by atoms with E-state index in [0.29, 0.717) is 6.42 Å². The lowest BCUT2D eigenvalue weighted by Gasteiger charge is -2.17. The molecule has 8 nitrogen and oxygen atoms in total. The van der Waals surface area contributed by atoms with Gasteiger partial charge in [0.25, 0.3) is 0 Å². The Labute approximate surface area is 192 Å². The van der Waals surface area contributed by atoms with Crippen LogP contribution in [0, 0.1) is 5.92 Å². The Morgan fingerprint density at radius 2 is 1.73 bits per heavy atom. The van der Waals surface area contributed by atoms with Crippen molar-refractivity contribution in [3.05, 3.63) is 59.7 Å². The number of carbonyl (C=O) groups excluding carboxylic acids is 2. The molecule has 0 radical (unpaired) electrons. The summed E-state index contributed by atoms with van der Waals surface area (Å²) in [6.07, 6.45) is -0.413. The van der Waals surface area contributed by atoms with Gasteiger partial charge in [-0.3, -0.25) is 9.59 Å². The van der Waals surface area contributed by atoms with E-state index in [-0.39, 0.29) is 44.1 Å². The van der Waals surface area contributed by atoms with Crippen LogP contribution in [0.15, 0.2) is 48.5 Å². The molecule has 0 bridgehead atoms. The van der Waals surface area contributed by atoms with Crippen molar-refractivity contribution in [3.63, 3.8) is 0 Å². The van der Waals surface area contributed by atoms with Gasteiger partial charge in [-0.15, -0.1) is 0 Å². The summed E-state index contributed by atoms with van der Waals surface area (Å²) in [7, 11) is 0. The van der Waals surface area contributed by atoms with Crippen molar-refractivity contribution in [2.75, 3.05) is 19.8 Å². The monoisotopic (exact) mass is 452 g/mol. The number of rotatable bonds is 8. The highest BCUT2D eigenvalue weighted by Crippen LogP contribution is 2.44. The molecule has 0 aromatic heterocycles. The predicted octanol–water partition coefficient (Wildman–Crippen LogP) is 2.91. The second-order valence-electron chi connectivity index (χ2n) is 8.61. The van der Waals surface area contributed by atoms with Gasteiger partial charge in [-0.2, -0.15) is 0 Å². The van der Waals surface area contributed by atoms with Crippen LogP contribution in [0.3, 0.4) is 0 Å². The minimum atomic E-state index is -0.884. The Hall–Kier alpha value is -3.39. The minimum absolute atomic E-state index is 0.0252. The van der Waals surface area contributed by atoms with E-state index in [1.165, 1.54) is 0 Å². The van der Waals surface area contributed by atoms with Crippen molar-refractivity contribution >= 4 is 18.0 Å². The number of fused-ring (bicyclic) bond motifs is 3. The van der Waals surface area contributed by atoms with E-state index in [9.17, 15) is 14.4 Å². The Balaban J connectivity index is 1.22. The fraction of sp³-hybridized carbons (Fsp3) is 0.400. The van der Waals surface area contributed by atoms with Gasteiger partial charge in [0.15, 0.2) is 0 Å². The van der Waals surface area contributed by atoms with Crippen LogP contribution in [0.1, 0.15) is 36.8 Å². The summed E-state index contributed by atoms with van der Waals surface area (Å²) in [5.74, 6) is -1.68. The lowest BCUT2D eigenvalue weighted by atomic mass is 9.98. The van der Waals surface area contributed by atoms with Gasteiger partial charge in [-0.25, -0.2) is 4.79 Å². The standard InChI is InChI=1S/C25H28N2O6/c1-15(10-23(28)26-12-17-11-16(13-32-17)24(29)30)27-25(31)33-14-22-20-8-4-2-6-18(20)19-7-3-5-9-21(19)22/h2-9,15-17,22H,10-14H2,1H3,(H,26,28)(H,27,31)(H,29,30)/t15-,16-,17-/m0/s1. The molecule has 0 spiro atoms. The summed E-state index contributed by atoms with van der Waals surface area (Å²) in [6, 6.07) is 15.8. The number of ether oxygens (including phenoxy) is 2. The molecule has 33 heavy (non-hydrogen) atoms. The first-order valence-corrected chi connectivity index (χ1v) is 11.1. The first-order valence-electron chi connectivity index (χ1n) is 11.1. The average molecular weight is 453 g/mol. The van der Waals surface area contributed by atoms with Gasteiger partial charge in [0.05, 0.1) is 18.6 Å². The molecular weight excluding hydrogens is 424 g/mol. The van der Waals surface area contributed by atoms with Crippen molar-refractivity contribution < 1.29 is 29.0 Å². The number of nitrogens with one attached hydrogen (secondary N) is 2. The number of hydrogen-bond donors (Lipinski definition) is 3. The van der Waals surface area contributed by atoms with E-state index in [1.54, 1.807) is 6.92 Å². The van der Waals surface area contributed by atoms with Gasteiger partial charge in [-0.05, 0) is 35.6 Å². The van der Waals surface area contributed by atoms with E-state index in [0.717, 1.165) is 22.3 Å². The average Bonchev–Trinajstić information content (AvgIpc) is 3.39. The van der Waals surface area contributed by atoms with Crippen molar-refractivity contribution in [2.24, 2.45) is 5.92 Å². The van der Waals surface area contributed by atoms with Gasteiger partial charge >= 0.3 is 12.1 Å². The Kier molecular flexibility index (Phi) is 6.93. The maximum absolute atomic E-state index is 12.3. The number of amides is 2. The van der Waals surface area contributed by atoms with Gasteiger partial charge in [0, 0.05) is 24.9 Å². The van der Waals surface area contributed by atoms with Crippen LogP contribution in [0.4, 0.5) is 4.79 Å². The summed E-state index contributed by atoms with van der Waals surface area (Å²) in [6.45, 7) is 2.35. The maximum atomic E-state index is 12.3. The maximum Gasteiger partial charge on any atom is 0.407 e. The van der Waals surface area contributed by atoms with E-state index in [4.69, 9.17) is 14.6 Å². The van der Waals surface area contributed by atoms with Gasteiger partial charge < -0.3 is 25.2 Å². The van der Waals surface area contributed by atoms with E-state index >= 15 is 0 Å². The topological polar surface area (TPSA) is 114 Å². The van der Waals surface area contributed by atoms with E-state index < -0.39 is 24.0 Å². The lowest BCUT2D eigenvalue weighted by Crippen LogP contribution is -2.39. The predicted molar refractivity (Wildman–Crippen MR) is 121 cm³/mol. The third kappa shape index (κ3) is 5.34. The van der Waals surface area contributed by atoms with Crippen molar-refractivity contribution in [3.8, 4) is 11.1 Å². The second kappa shape index (κ2) is 10.0. The van der Waals surface area contributed by atoms with Crippen LogP contribution < -0.4 is 10.6 Å². The quantitative estimate of drug-likeness (QED) is 0.568. The zero-order valence-electron chi connectivity index (χ0n) is 18.5. The molecule has 2 aliphatic rings. The number of hydrogen-bond acceptors (Lipinski definition) is 5. The molecule has 2 amide bonds. The first kappa shape index (κ1) is 22.8. The molecule has 3 N–H and O–H groups in total. The zero-order valence-corrected chi connectivity index (χ0v) is 18.5. The first-order chi connectivity index (χ1) is 15.9. The molecule has 0 saturated carbocycles. The third-order valence-electron chi connectivity index (χ3n) is 6.16. The van der Waals surface area contributed by atoms with Gasteiger partial charge in [0.2, 0.25) is 5.91 Å². The van der Waals surface area contributed by atoms with Crippen LogP contribution in [-0.2, 0) is 19.1 Å². The molecule has 8 heteroatoms. The Morgan fingerprint density at radius 1 is 1.09 bits per heavy atom. The van der Waals surface area contributed by atoms with E-state index in [2.05, 4.69) is 34.9 Å². The summed E-state index contributed by atoms with van der Waals surface area (Å²) in [5, 5.41) is 14.4. The number of carbonyl (C=O) groups is 3. The van der Waals surface area contributed by atoms with Crippen LogP contribution in [0.25, 0.3) is 11.1 Å². The highest BCUT2D eigenvalue weighted by atomic mass is 16.5. The third-order valence-corrected chi connectivity index (χ3v) is 6.16. The molecule has 1 aliphatic heterocycles. The van der Waals surface area contributed by atoms with Crippen LogP contribution in [-0.4, -0.2) is 55.0 Å². The summed E-state index contributed by atoms with van der Waals surface area (Å²) >= 11 is 0. The number of alkyl carbamates (subject to hydrolysis) is 1. The smallest absolute Gasteiger partial charge is 0.407 e. The largest absolute Gasteiger partial charge is 0.481 e. The number of benzene rings is 2. The molecule has 4 rings (SSSR count). The van der Waals surface area contributed by atoms with Crippen molar-refractivity contribution in [2.45, 2.75) is 37.8 Å². The summed E-state index contributed by atoms with van der Waals surface area (Å²) < 4.78 is 10.9. The summed E-state index contributed by atoms with van der Waals surface area (Å²) in [4.78, 5) is 35.5. The van der Waals surface area contributed by atoms with Crippen LogP contribution >= 0.6 is 0 Å².